The van der Waals surface area contributed by atoms with Gasteiger partial charge in [-0.1, -0.05) is 0 Å². The van der Waals surface area contributed by atoms with E-state index in [4.69, 9.17) is 5.73 Å². The van der Waals surface area contributed by atoms with Gasteiger partial charge in [-0.05, 0) is 19.9 Å². The fourth-order valence-corrected chi connectivity index (χ4v) is 1.69. The first-order chi connectivity index (χ1) is 6.22. The molecule has 0 aromatic carbocycles. The number of Topliss-reactive ketones (excluding diaryl/α,β-unsaturated/α-hetero) is 1. The van der Waals surface area contributed by atoms with Crippen LogP contribution in [0, 0.1) is 6.92 Å². The van der Waals surface area contributed by atoms with Crippen molar-refractivity contribution in [2.75, 3.05) is 6.54 Å². The Hall–Kier alpha value is -0.740. The zero-order valence-corrected chi connectivity index (χ0v) is 8.56. The number of hydrogen-bond donors (Lipinski definition) is 1. The zero-order chi connectivity index (χ0) is 9.68. The number of nitrogens with zero attached hydrogens (tertiary/aromatic N) is 1. The number of hydrogen-bond acceptors (Lipinski definition) is 4. The second kappa shape index (κ2) is 5.09. The molecule has 0 bridgehead atoms. The molecule has 3 nitrogen and oxygen atoms in total. The number of ketones is 1. The highest BCUT2D eigenvalue weighted by molar-refractivity contribution is 7.09. The van der Waals surface area contributed by atoms with E-state index in [0.717, 1.165) is 17.1 Å². The van der Waals surface area contributed by atoms with Gasteiger partial charge in [-0.2, -0.15) is 0 Å². The fourth-order valence-electron chi connectivity index (χ4n) is 1.08. The van der Waals surface area contributed by atoms with E-state index >= 15 is 0 Å². The largest absolute Gasteiger partial charge is 0.330 e. The summed E-state index contributed by atoms with van der Waals surface area (Å²) in [6.07, 6.45) is 1.82. The van der Waals surface area contributed by atoms with Crippen LogP contribution in [0.1, 0.15) is 23.5 Å². The lowest BCUT2D eigenvalue weighted by Gasteiger charge is -1.95. The van der Waals surface area contributed by atoms with Crippen LogP contribution in [-0.4, -0.2) is 17.3 Å². The normalized spacial score (nSPS) is 10.3. The van der Waals surface area contributed by atoms with E-state index in [1.807, 2.05) is 12.3 Å². The molecule has 1 aromatic heterocycles. The van der Waals surface area contributed by atoms with Crippen molar-refractivity contribution < 1.29 is 4.79 Å². The molecular formula is C9H14N2OS. The summed E-state index contributed by atoms with van der Waals surface area (Å²) in [7, 11) is 0. The minimum atomic E-state index is 0.232. The van der Waals surface area contributed by atoms with E-state index in [9.17, 15) is 4.79 Å². The number of carbonyl (C=O) groups excluding carboxylic acids is 1. The average Bonchev–Trinajstić information content (AvgIpc) is 2.48. The van der Waals surface area contributed by atoms with Gasteiger partial charge in [0.05, 0.1) is 10.7 Å². The first kappa shape index (κ1) is 10.3. The summed E-state index contributed by atoms with van der Waals surface area (Å²) >= 11 is 1.58. The van der Waals surface area contributed by atoms with Crippen LogP contribution in [0.15, 0.2) is 5.38 Å². The van der Waals surface area contributed by atoms with Gasteiger partial charge >= 0.3 is 0 Å². The smallest absolute Gasteiger partial charge is 0.138 e. The Morgan fingerprint density at radius 2 is 2.46 bits per heavy atom. The van der Waals surface area contributed by atoms with Crippen molar-refractivity contribution in [2.24, 2.45) is 5.73 Å². The molecule has 0 fully saturated rings. The molecule has 0 radical (unpaired) electrons. The molecule has 0 saturated heterocycles. The number of rotatable bonds is 5. The fraction of sp³-hybridized carbons (Fsp3) is 0.556. The summed E-state index contributed by atoms with van der Waals surface area (Å²) in [6.45, 7) is 2.53. The third-order valence-corrected chi connectivity index (χ3v) is 2.53. The van der Waals surface area contributed by atoms with Gasteiger partial charge in [0, 0.05) is 18.2 Å². The highest BCUT2D eigenvalue weighted by atomic mass is 32.1. The van der Waals surface area contributed by atoms with E-state index < -0.39 is 0 Å². The molecule has 72 valence electrons. The predicted molar refractivity (Wildman–Crippen MR) is 53.9 cm³/mol. The Labute approximate surface area is 82.0 Å². The minimum absolute atomic E-state index is 0.232. The average molecular weight is 198 g/mol. The van der Waals surface area contributed by atoms with E-state index in [0.29, 0.717) is 19.4 Å². The van der Waals surface area contributed by atoms with E-state index in [2.05, 4.69) is 4.98 Å². The summed E-state index contributed by atoms with van der Waals surface area (Å²) in [5.41, 5.74) is 6.20. The highest BCUT2D eigenvalue weighted by Gasteiger charge is 2.05. The van der Waals surface area contributed by atoms with Gasteiger partial charge in [-0.3, -0.25) is 4.79 Å². The number of thiazole rings is 1. The standard InChI is InChI=1S/C9H14N2OS/c1-7-11-8(6-13-7)5-9(12)3-2-4-10/h6H,2-5,10H2,1H3. The Bertz CT molecular complexity index is 283. The lowest BCUT2D eigenvalue weighted by Crippen LogP contribution is -2.07. The number of aromatic nitrogens is 1. The monoisotopic (exact) mass is 198 g/mol. The van der Waals surface area contributed by atoms with Crippen LogP contribution in [0.4, 0.5) is 0 Å². The molecule has 0 atom stereocenters. The number of aryl methyl sites for hydroxylation is 1. The van der Waals surface area contributed by atoms with Gasteiger partial charge in [0.15, 0.2) is 0 Å². The molecule has 1 aromatic rings. The molecule has 13 heavy (non-hydrogen) atoms. The summed E-state index contributed by atoms with van der Waals surface area (Å²) in [6, 6.07) is 0. The molecule has 1 rings (SSSR count). The Balaban J connectivity index is 2.36. The van der Waals surface area contributed by atoms with Gasteiger partial charge in [0.1, 0.15) is 5.78 Å². The number of carbonyl (C=O) groups is 1. The molecule has 1 heterocycles. The molecule has 4 heteroatoms. The maximum atomic E-state index is 11.3. The van der Waals surface area contributed by atoms with Crippen molar-refractivity contribution in [3.8, 4) is 0 Å². The van der Waals surface area contributed by atoms with Crippen molar-refractivity contribution in [1.29, 1.82) is 0 Å². The van der Waals surface area contributed by atoms with Gasteiger partial charge in [0.2, 0.25) is 0 Å². The molecule has 0 aliphatic heterocycles. The Morgan fingerprint density at radius 3 is 3.00 bits per heavy atom. The van der Waals surface area contributed by atoms with Crippen LogP contribution in [-0.2, 0) is 11.2 Å². The second-order valence-electron chi connectivity index (χ2n) is 2.97. The van der Waals surface area contributed by atoms with Gasteiger partial charge in [-0.25, -0.2) is 4.98 Å². The van der Waals surface area contributed by atoms with Crippen LogP contribution < -0.4 is 5.73 Å². The van der Waals surface area contributed by atoms with Crippen LogP contribution in [0.2, 0.25) is 0 Å². The van der Waals surface area contributed by atoms with Crippen molar-refractivity contribution in [3.63, 3.8) is 0 Å². The van der Waals surface area contributed by atoms with Crippen molar-refractivity contribution >= 4 is 17.1 Å². The SMILES string of the molecule is Cc1nc(CC(=O)CCCN)cs1. The molecule has 0 aliphatic rings. The summed E-state index contributed by atoms with van der Waals surface area (Å²) < 4.78 is 0. The number of nitrogens with two attached hydrogens (primary N) is 1. The van der Waals surface area contributed by atoms with E-state index in [-0.39, 0.29) is 5.78 Å². The third-order valence-electron chi connectivity index (χ3n) is 1.70. The topological polar surface area (TPSA) is 56.0 Å². The maximum absolute atomic E-state index is 11.3. The van der Waals surface area contributed by atoms with Gasteiger partial charge < -0.3 is 5.73 Å². The maximum Gasteiger partial charge on any atom is 0.138 e. The van der Waals surface area contributed by atoms with E-state index in [1.165, 1.54) is 0 Å². The Kier molecular flexibility index (Phi) is 4.05. The lowest BCUT2D eigenvalue weighted by atomic mass is 10.1. The quantitative estimate of drug-likeness (QED) is 0.776. The van der Waals surface area contributed by atoms with Crippen molar-refractivity contribution in [3.05, 3.63) is 16.1 Å². The first-order valence-corrected chi connectivity index (χ1v) is 5.23. The Morgan fingerprint density at radius 1 is 1.69 bits per heavy atom. The molecule has 0 spiro atoms. The highest BCUT2D eigenvalue weighted by Crippen LogP contribution is 2.09. The van der Waals surface area contributed by atoms with Crippen LogP contribution in [0.3, 0.4) is 0 Å². The minimum Gasteiger partial charge on any atom is -0.330 e. The third kappa shape index (κ3) is 3.65. The first-order valence-electron chi connectivity index (χ1n) is 4.35. The summed E-state index contributed by atoms with van der Waals surface area (Å²) in [5.74, 6) is 0.232. The van der Waals surface area contributed by atoms with Gasteiger partial charge in [0.25, 0.3) is 0 Å². The van der Waals surface area contributed by atoms with Crippen LogP contribution in [0.5, 0.6) is 0 Å². The van der Waals surface area contributed by atoms with Crippen molar-refractivity contribution in [2.45, 2.75) is 26.2 Å². The zero-order valence-electron chi connectivity index (χ0n) is 7.75. The summed E-state index contributed by atoms with van der Waals surface area (Å²) in [4.78, 5) is 15.5. The summed E-state index contributed by atoms with van der Waals surface area (Å²) in [5, 5.41) is 2.96. The molecule has 0 saturated carbocycles. The van der Waals surface area contributed by atoms with E-state index in [1.54, 1.807) is 11.3 Å². The molecule has 0 amide bonds. The molecule has 2 N–H and O–H groups in total. The van der Waals surface area contributed by atoms with Crippen molar-refractivity contribution in [1.82, 2.24) is 4.98 Å². The van der Waals surface area contributed by atoms with Crippen LogP contribution in [0.25, 0.3) is 0 Å². The predicted octanol–water partition coefficient (Wildman–Crippen LogP) is 1.30. The molecule has 0 unspecified atom stereocenters. The molecular weight excluding hydrogens is 184 g/mol. The second-order valence-corrected chi connectivity index (χ2v) is 4.03. The van der Waals surface area contributed by atoms with Gasteiger partial charge in [-0.15, -0.1) is 11.3 Å². The lowest BCUT2D eigenvalue weighted by molar-refractivity contribution is -0.118. The molecule has 0 aliphatic carbocycles. The van der Waals surface area contributed by atoms with Crippen LogP contribution >= 0.6 is 11.3 Å².